The van der Waals surface area contributed by atoms with E-state index in [1.165, 1.54) is 22.9 Å². The number of hydrogen-bond acceptors (Lipinski definition) is 3. The first-order valence-electron chi connectivity index (χ1n) is 5.72. The van der Waals surface area contributed by atoms with Gasteiger partial charge in [-0.25, -0.2) is 9.78 Å². The average Bonchev–Trinajstić information content (AvgIpc) is 2.71. The third kappa shape index (κ3) is 2.42. The van der Waals surface area contributed by atoms with Crippen LogP contribution in [0.25, 0.3) is 0 Å². The molecule has 2 rings (SSSR count). The van der Waals surface area contributed by atoms with Crippen molar-refractivity contribution in [2.45, 2.75) is 27.2 Å². The second kappa shape index (κ2) is 4.64. The van der Waals surface area contributed by atoms with E-state index in [0.29, 0.717) is 12.3 Å². The van der Waals surface area contributed by atoms with Crippen LogP contribution in [0.3, 0.4) is 0 Å². The van der Waals surface area contributed by atoms with Crippen LogP contribution >= 0.6 is 0 Å². The second-order valence-corrected chi connectivity index (χ2v) is 4.48. The second-order valence-electron chi connectivity index (χ2n) is 4.48. The van der Waals surface area contributed by atoms with Gasteiger partial charge in [0.15, 0.2) is 5.89 Å². The lowest BCUT2D eigenvalue weighted by atomic mass is 9.97. The van der Waals surface area contributed by atoms with Gasteiger partial charge < -0.3 is 9.52 Å². The molecule has 0 unspecified atom stereocenters. The Bertz CT molecular complexity index is 576. The van der Waals surface area contributed by atoms with E-state index in [9.17, 15) is 4.79 Å². The summed E-state index contributed by atoms with van der Waals surface area (Å²) in [6, 6.07) is 4.20. The minimum absolute atomic E-state index is 0.118. The fraction of sp³-hybridized carbons (Fsp3) is 0.286. The van der Waals surface area contributed by atoms with E-state index in [1.54, 1.807) is 0 Å². The van der Waals surface area contributed by atoms with Crippen LogP contribution in [0.15, 0.2) is 22.7 Å². The largest absolute Gasteiger partial charge is 0.475 e. The van der Waals surface area contributed by atoms with Gasteiger partial charge in [0.25, 0.3) is 0 Å². The van der Waals surface area contributed by atoms with Gasteiger partial charge >= 0.3 is 5.97 Å². The SMILES string of the molecule is Cc1cc(C)c(Cc2ncc(C(=O)O)o2)c(C)c1. The van der Waals surface area contributed by atoms with Crippen LogP contribution in [0.4, 0.5) is 0 Å². The fourth-order valence-electron chi connectivity index (χ4n) is 2.13. The van der Waals surface area contributed by atoms with Gasteiger partial charge in [-0.1, -0.05) is 17.7 Å². The molecule has 2 aromatic rings. The summed E-state index contributed by atoms with van der Waals surface area (Å²) in [5, 5.41) is 8.78. The molecular weight excluding hydrogens is 230 g/mol. The molecule has 0 aliphatic heterocycles. The highest BCUT2D eigenvalue weighted by Gasteiger charge is 2.13. The van der Waals surface area contributed by atoms with E-state index < -0.39 is 5.97 Å². The average molecular weight is 245 g/mol. The smallest absolute Gasteiger partial charge is 0.373 e. The minimum atomic E-state index is -1.09. The van der Waals surface area contributed by atoms with E-state index >= 15 is 0 Å². The quantitative estimate of drug-likeness (QED) is 0.903. The maximum Gasteiger partial charge on any atom is 0.373 e. The molecule has 0 fully saturated rings. The van der Waals surface area contributed by atoms with E-state index in [0.717, 1.165) is 5.56 Å². The number of nitrogens with zero attached hydrogens (tertiary/aromatic N) is 1. The summed E-state index contributed by atoms with van der Waals surface area (Å²) < 4.78 is 5.18. The molecule has 0 atom stereocenters. The predicted molar refractivity (Wildman–Crippen MR) is 66.9 cm³/mol. The van der Waals surface area contributed by atoms with Crippen molar-refractivity contribution in [2.24, 2.45) is 0 Å². The summed E-state index contributed by atoms with van der Waals surface area (Å²) in [6.07, 6.45) is 1.77. The first-order valence-corrected chi connectivity index (χ1v) is 5.72. The monoisotopic (exact) mass is 245 g/mol. The Morgan fingerprint density at radius 3 is 2.39 bits per heavy atom. The summed E-state index contributed by atoms with van der Waals surface area (Å²) in [6.45, 7) is 6.13. The number of aromatic nitrogens is 1. The standard InChI is InChI=1S/C14H15NO3/c1-8-4-9(2)11(10(3)5-8)6-13-15-7-12(18-13)14(16)17/h4-5,7H,6H2,1-3H3,(H,16,17). The van der Waals surface area contributed by atoms with E-state index in [1.807, 2.05) is 13.8 Å². The molecule has 4 heteroatoms. The summed E-state index contributed by atoms with van der Waals surface area (Å²) in [5.41, 5.74) is 4.69. The van der Waals surface area contributed by atoms with Gasteiger partial charge in [-0.3, -0.25) is 0 Å². The summed E-state index contributed by atoms with van der Waals surface area (Å²) >= 11 is 0. The zero-order valence-electron chi connectivity index (χ0n) is 10.7. The Morgan fingerprint density at radius 1 is 1.28 bits per heavy atom. The van der Waals surface area contributed by atoms with Crippen LogP contribution in [0.2, 0.25) is 0 Å². The summed E-state index contributed by atoms with van der Waals surface area (Å²) in [4.78, 5) is 14.7. The van der Waals surface area contributed by atoms with Crippen molar-refractivity contribution in [1.29, 1.82) is 0 Å². The summed E-state index contributed by atoms with van der Waals surface area (Å²) in [7, 11) is 0. The Hall–Kier alpha value is -2.10. The number of benzene rings is 1. The van der Waals surface area contributed by atoms with Gasteiger partial charge in [-0.15, -0.1) is 0 Å². The highest BCUT2D eigenvalue weighted by molar-refractivity contribution is 5.83. The van der Waals surface area contributed by atoms with E-state index in [4.69, 9.17) is 9.52 Å². The van der Waals surface area contributed by atoms with Gasteiger partial charge in [0.1, 0.15) is 0 Å². The number of carboxylic acids is 1. The molecule has 0 aliphatic carbocycles. The minimum Gasteiger partial charge on any atom is -0.475 e. The van der Waals surface area contributed by atoms with Gasteiger partial charge in [0, 0.05) is 6.42 Å². The van der Waals surface area contributed by atoms with Crippen molar-refractivity contribution in [3.05, 3.63) is 52.2 Å². The zero-order chi connectivity index (χ0) is 13.3. The Morgan fingerprint density at radius 2 is 1.89 bits per heavy atom. The molecule has 0 amide bonds. The third-order valence-corrected chi connectivity index (χ3v) is 2.93. The maximum absolute atomic E-state index is 10.7. The van der Waals surface area contributed by atoms with Crippen LogP contribution in [0, 0.1) is 20.8 Å². The van der Waals surface area contributed by atoms with Crippen LogP contribution in [0.5, 0.6) is 0 Å². The molecule has 1 aromatic heterocycles. The Balaban J connectivity index is 2.31. The van der Waals surface area contributed by atoms with Crippen LogP contribution in [-0.4, -0.2) is 16.1 Å². The van der Waals surface area contributed by atoms with Crippen molar-refractivity contribution in [3.63, 3.8) is 0 Å². The molecule has 0 saturated heterocycles. The number of carbonyl (C=O) groups is 1. The van der Waals surface area contributed by atoms with Gasteiger partial charge in [-0.2, -0.15) is 0 Å². The molecular formula is C14H15NO3. The third-order valence-electron chi connectivity index (χ3n) is 2.93. The number of oxazole rings is 1. The Labute approximate surface area is 105 Å². The number of aromatic carboxylic acids is 1. The summed E-state index contributed by atoms with van der Waals surface area (Å²) in [5.74, 6) is -0.777. The highest BCUT2D eigenvalue weighted by atomic mass is 16.4. The van der Waals surface area contributed by atoms with Gasteiger partial charge in [-0.05, 0) is 37.5 Å². The lowest BCUT2D eigenvalue weighted by Gasteiger charge is -2.09. The van der Waals surface area contributed by atoms with Crippen molar-refractivity contribution < 1.29 is 14.3 Å². The highest BCUT2D eigenvalue weighted by Crippen LogP contribution is 2.20. The molecule has 0 aliphatic rings. The van der Waals surface area contributed by atoms with Crippen LogP contribution in [0.1, 0.15) is 38.7 Å². The van der Waals surface area contributed by atoms with E-state index in [2.05, 4.69) is 24.0 Å². The van der Waals surface area contributed by atoms with Gasteiger partial charge in [0.2, 0.25) is 5.76 Å². The first kappa shape index (κ1) is 12.4. The van der Waals surface area contributed by atoms with Crippen LogP contribution in [-0.2, 0) is 6.42 Å². The molecule has 1 aromatic carbocycles. The van der Waals surface area contributed by atoms with Crippen molar-refractivity contribution in [3.8, 4) is 0 Å². The molecule has 94 valence electrons. The van der Waals surface area contributed by atoms with Crippen molar-refractivity contribution in [2.75, 3.05) is 0 Å². The maximum atomic E-state index is 10.7. The number of aryl methyl sites for hydroxylation is 3. The molecule has 0 saturated carbocycles. The zero-order valence-corrected chi connectivity index (χ0v) is 10.7. The molecule has 0 radical (unpaired) electrons. The molecule has 0 bridgehead atoms. The number of carboxylic acid groups (broad SMARTS) is 1. The van der Waals surface area contributed by atoms with Crippen molar-refractivity contribution >= 4 is 5.97 Å². The molecule has 1 N–H and O–H groups in total. The molecule has 4 nitrogen and oxygen atoms in total. The Kier molecular flexibility index (Phi) is 3.19. The number of hydrogen-bond donors (Lipinski definition) is 1. The van der Waals surface area contributed by atoms with E-state index in [-0.39, 0.29) is 5.76 Å². The first-order chi connectivity index (χ1) is 8.47. The molecule has 1 heterocycles. The topological polar surface area (TPSA) is 63.3 Å². The lowest BCUT2D eigenvalue weighted by molar-refractivity contribution is 0.0660. The predicted octanol–water partition coefficient (Wildman–Crippen LogP) is 2.89. The fourth-order valence-corrected chi connectivity index (χ4v) is 2.13. The van der Waals surface area contributed by atoms with Gasteiger partial charge in [0.05, 0.1) is 6.20 Å². The normalized spacial score (nSPS) is 10.6. The lowest BCUT2D eigenvalue weighted by Crippen LogP contribution is -1.97. The molecule has 0 spiro atoms. The van der Waals surface area contributed by atoms with Crippen molar-refractivity contribution in [1.82, 2.24) is 4.98 Å². The number of rotatable bonds is 3. The van der Waals surface area contributed by atoms with Crippen LogP contribution < -0.4 is 0 Å². The molecule has 18 heavy (non-hydrogen) atoms.